The number of carbonyl (C=O) groups is 1. The first-order valence-corrected chi connectivity index (χ1v) is 10.1. The predicted molar refractivity (Wildman–Crippen MR) is 109 cm³/mol. The lowest BCUT2D eigenvalue weighted by Crippen LogP contribution is -2.38. The van der Waals surface area contributed by atoms with Crippen molar-refractivity contribution in [2.45, 2.75) is 64.5 Å². The molecule has 0 radical (unpaired) electrons. The summed E-state index contributed by atoms with van der Waals surface area (Å²) in [6.45, 7) is 3.67. The van der Waals surface area contributed by atoms with Crippen LogP contribution < -0.4 is 10.6 Å². The first kappa shape index (κ1) is 19.5. The largest absolute Gasteiger partial charge is 0.354 e. The molecule has 0 bridgehead atoms. The molecule has 1 heterocycles. The third-order valence-corrected chi connectivity index (χ3v) is 5.34. The molecule has 5 nitrogen and oxygen atoms in total. The SMILES string of the molecule is CCCN(c1cc(C(=O)Cc2ccc(CN)cc2)ncn1)C1CCCCC1. The summed E-state index contributed by atoms with van der Waals surface area (Å²) in [4.78, 5) is 23.9. The van der Waals surface area contributed by atoms with Gasteiger partial charge in [0, 0.05) is 31.6 Å². The number of benzene rings is 1. The Kier molecular flexibility index (Phi) is 6.93. The van der Waals surface area contributed by atoms with Gasteiger partial charge in [-0.1, -0.05) is 50.5 Å². The summed E-state index contributed by atoms with van der Waals surface area (Å²) < 4.78 is 0. The minimum Gasteiger partial charge on any atom is -0.354 e. The summed E-state index contributed by atoms with van der Waals surface area (Å²) >= 11 is 0. The molecule has 1 aromatic heterocycles. The molecule has 1 aliphatic rings. The van der Waals surface area contributed by atoms with Crippen LogP contribution in [0.15, 0.2) is 36.7 Å². The molecule has 3 rings (SSSR count). The molecule has 2 N–H and O–H groups in total. The van der Waals surface area contributed by atoms with Crippen LogP contribution in [0.1, 0.15) is 67.1 Å². The van der Waals surface area contributed by atoms with Crippen LogP contribution in [-0.2, 0) is 13.0 Å². The minimum atomic E-state index is 0.0271. The lowest BCUT2D eigenvalue weighted by Gasteiger charge is -2.35. The van der Waals surface area contributed by atoms with Crippen LogP contribution in [0, 0.1) is 0 Å². The molecule has 0 amide bonds. The number of Topliss-reactive ketones (excluding diaryl/α,β-unsaturated/α-hetero) is 1. The molecule has 0 atom stereocenters. The number of carbonyl (C=O) groups excluding carboxylic acids is 1. The number of nitrogens with zero attached hydrogens (tertiary/aromatic N) is 3. The van der Waals surface area contributed by atoms with Crippen LogP contribution in [-0.4, -0.2) is 28.3 Å². The van der Waals surface area contributed by atoms with Crippen LogP contribution in [0.3, 0.4) is 0 Å². The van der Waals surface area contributed by atoms with Crippen molar-refractivity contribution < 1.29 is 4.79 Å². The highest BCUT2D eigenvalue weighted by Gasteiger charge is 2.22. The van der Waals surface area contributed by atoms with E-state index in [0.29, 0.717) is 24.7 Å². The zero-order valence-corrected chi connectivity index (χ0v) is 16.2. The second kappa shape index (κ2) is 9.60. The second-order valence-electron chi connectivity index (χ2n) is 7.37. The van der Waals surface area contributed by atoms with Crippen molar-refractivity contribution in [1.29, 1.82) is 0 Å². The molecule has 2 aromatic rings. The molecule has 1 aromatic carbocycles. The monoisotopic (exact) mass is 366 g/mol. The lowest BCUT2D eigenvalue weighted by atomic mass is 9.94. The maximum absolute atomic E-state index is 12.7. The number of ketones is 1. The van der Waals surface area contributed by atoms with Gasteiger partial charge in [0.2, 0.25) is 0 Å². The maximum atomic E-state index is 12.7. The highest BCUT2D eigenvalue weighted by atomic mass is 16.1. The highest BCUT2D eigenvalue weighted by molar-refractivity contribution is 5.96. The molecule has 0 spiro atoms. The van der Waals surface area contributed by atoms with Crippen molar-refractivity contribution in [1.82, 2.24) is 9.97 Å². The first-order chi connectivity index (χ1) is 13.2. The van der Waals surface area contributed by atoms with Gasteiger partial charge < -0.3 is 10.6 Å². The molecule has 5 heteroatoms. The Morgan fingerprint density at radius 3 is 2.48 bits per heavy atom. The summed E-state index contributed by atoms with van der Waals surface area (Å²) in [6, 6.07) is 10.3. The van der Waals surface area contributed by atoms with Crippen molar-refractivity contribution in [3.8, 4) is 0 Å². The van der Waals surface area contributed by atoms with E-state index in [1.807, 2.05) is 30.3 Å². The van der Waals surface area contributed by atoms with Crippen LogP contribution in [0.4, 0.5) is 5.82 Å². The fraction of sp³-hybridized carbons (Fsp3) is 0.500. The summed E-state index contributed by atoms with van der Waals surface area (Å²) in [7, 11) is 0. The summed E-state index contributed by atoms with van der Waals surface area (Å²) in [6.07, 6.45) is 9.25. The Morgan fingerprint density at radius 1 is 1.11 bits per heavy atom. The molecule has 1 aliphatic carbocycles. The fourth-order valence-electron chi connectivity index (χ4n) is 3.84. The Balaban J connectivity index is 1.75. The van der Waals surface area contributed by atoms with Crippen LogP contribution in [0.2, 0.25) is 0 Å². The van der Waals surface area contributed by atoms with Gasteiger partial charge in [-0.15, -0.1) is 0 Å². The van der Waals surface area contributed by atoms with Crippen molar-refractivity contribution in [2.24, 2.45) is 5.73 Å². The standard InChI is InChI=1S/C22H30N4O/c1-2-12-26(19-6-4-3-5-7-19)22-14-20(24-16-25-22)21(27)13-17-8-10-18(15-23)11-9-17/h8-11,14,16,19H,2-7,12-13,15,23H2,1H3. The van der Waals surface area contributed by atoms with Gasteiger partial charge >= 0.3 is 0 Å². The molecular formula is C22H30N4O. The second-order valence-corrected chi connectivity index (χ2v) is 7.37. The smallest absolute Gasteiger partial charge is 0.185 e. The summed E-state index contributed by atoms with van der Waals surface area (Å²) in [5, 5.41) is 0. The van der Waals surface area contributed by atoms with Gasteiger partial charge in [-0.25, -0.2) is 9.97 Å². The number of hydrogen-bond donors (Lipinski definition) is 1. The third kappa shape index (κ3) is 5.13. The van der Waals surface area contributed by atoms with Crippen LogP contribution in [0.25, 0.3) is 0 Å². The molecule has 1 fully saturated rings. The zero-order chi connectivity index (χ0) is 19.1. The molecule has 144 valence electrons. The summed E-state index contributed by atoms with van der Waals surface area (Å²) in [5.41, 5.74) is 8.18. The lowest BCUT2D eigenvalue weighted by molar-refractivity contribution is 0.0988. The van der Waals surface area contributed by atoms with Crippen molar-refractivity contribution in [3.63, 3.8) is 0 Å². The number of aromatic nitrogens is 2. The van der Waals surface area contributed by atoms with E-state index in [-0.39, 0.29) is 5.78 Å². The zero-order valence-electron chi connectivity index (χ0n) is 16.2. The van der Waals surface area contributed by atoms with Crippen LogP contribution in [0.5, 0.6) is 0 Å². The molecular weight excluding hydrogens is 336 g/mol. The van der Waals surface area contributed by atoms with Crippen molar-refractivity contribution in [3.05, 3.63) is 53.5 Å². The molecule has 27 heavy (non-hydrogen) atoms. The molecule has 0 unspecified atom stereocenters. The van der Waals surface area contributed by atoms with E-state index >= 15 is 0 Å². The van der Waals surface area contributed by atoms with Crippen molar-refractivity contribution >= 4 is 11.6 Å². The topological polar surface area (TPSA) is 72.1 Å². The average molecular weight is 367 g/mol. The predicted octanol–water partition coefficient (Wildman–Crippen LogP) is 3.91. The highest BCUT2D eigenvalue weighted by Crippen LogP contribution is 2.26. The normalized spacial score (nSPS) is 14.9. The van der Waals surface area contributed by atoms with Crippen LogP contribution >= 0.6 is 0 Å². The Morgan fingerprint density at radius 2 is 1.81 bits per heavy atom. The third-order valence-electron chi connectivity index (χ3n) is 5.34. The quantitative estimate of drug-likeness (QED) is 0.717. The van der Waals surface area contributed by atoms with E-state index < -0.39 is 0 Å². The Bertz CT molecular complexity index is 738. The number of hydrogen-bond acceptors (Lipinski definition) is 5. The van der Waals surface area contributed by atoms with Gasteiger partial charge in [-0.3, -0.25) is 4.79 Å². The van der Waals surface area contributed by atoms with Gasteiger partial charge in [-0.2, -0.15) is 0 Å². The van der Waals surface area contributed by atoms with E-state index in [4.69, 9.17) is 5.73 Å². The number of nitrogens with two attached hydrogens (primary N) is 1. The Labute approximate surface area is 162 Å². The molecule has 0 saturated heterocycles. The van der Waals surface area contributed by atoms with Gasteiger partial charge in [-0.05, 0) is 30.4 Å². The molecule has 0 aliphatic heterocycles. The molecule has 1 saturated carbocycles. The van der Waals surface area contributed by atoms with E-state index in [1.165, 1.54) is 38.4 Å². The average Bonchev–Trinajstić information content (AvgIpc) is 2.73. The van der Waals surface area contributed by atoms with E-state index in [1.54, 1.807) is 0 Å². The van der Waals surface area contributed by atoms with E-state index in [0.717, 1.165) is 29.9 Å². The first-order valence-electron chi connectivity index (χ1n) is 10.1. The maximum Gasteiger partial charge on any atom is 0.185 e. The Hall–Kier alpha value is -2.27. The minimum absolute atomic E-state index is 0.0271. The number of anilines is 1. The summed E-state index contributed by atoms with van der Waals surface area (Å²) in [5.74, 6) is 0.917. The van der Waals surface area contributed by atoms with Gasteiger partial charge in [0.05, 0.1) is 0 Å². The van der Waals surface area contributed by atoms with E-state index in [9.17, 15) is 4.79 Å². The van der Waals surface area contributed by atoms with Gasteiger partial charge in [0.15, 0.2) is 5.78 Å². The fourth-order valence-corrected chi connectivity index (χ4v) is 3.84. The van der Waals surface area contributed by atoms with Gasteiger partial charge in [0.25, 0.3) is 0 Å². The van der Waals surface area contributed by atoms with Gasteiger partial charge in [0.1, 0.15) is 17.8 Å². The number of rotatable bonds is 8. The van der Waals surface area contributed by atoms with Crippen molar-refractivity contribution in [2.75, 3.05) is 11.4 Å². The van der Waals surface area contributed by atoms with E-state index in [2.05, 4.69) is 21.8 Å².